The summed E-state index contributed by atoms with van der Waals surface area (Å²) in [5.74, 6) is 0. The van der Waals surface area contributed by atoms with Crippen molar-refractivity contribution in [2.24, 2.45) is 5.73 Å². The molecule has 2 aromatic carbocycles. The Morgan fingerprint density at radius 3 is 1.70 bits per heavy atom. The second-order valence-corrected chi connectivity index (χ2v) is 4.66. The summed E-state index contributed by atoms with van der Waals surface area (Å²) in [6.07, 6.45) is -3.99. The van der Waals surface area contributed by atoms with Crippen LogP contribution in [-0.4, -0.2) is 0 Å². The monoisotopic (exact) mass is 278 g/mol. The molecule has 2 aromatic rings. The van der Waals surface area contributed by atoms with Crippen molar-refractivity contribution in [1.29, 1.82) is 0 Å². The molecule has 0 aliphatic rings. The second-order valence-electron chi connectivity index (χ2n) is 4.66. The summed E-state index contributed by atoms with van der Waals surface area (Å²) in [5, 5.41) is 0. The van der Waals surface area contributed by atoms with Crippen LogP contribution < -0.4 is 5.73 Å². The normalized spacial score (nSPS) is 14.8. The average molecular weight is 278 g/mol. The van der Waals surface area contributed by atoms with E-state index in [1.54, 1.807) is 0 Å². The summed E-state index contributed by atoms with van der Waals surface area (Å²) in [4.78, 5) is 0. The molecular weight excluding hydrogens is 263 g/mol. The largest absolute Gasteiger partial charge is 0.416 e. The van der Waals surface area contributed by atoms with Gasteiger partial charge in [-0.1, -0.05) is 49.4 Å². The maximum absolute atomic E-state index is 12.6. The highest BCUT2D eigenvalue weighted by Gasteiger charge is 2.32. The van der Waals surface area contributed by atoms with Crippen molar-refractivity contribution in [3.8, 4) is 0 Å². The molecule has 20 heavy (non-hydrogen) atoms. The van der Waals surface area contributed by atoms with Gasteiger partial charge in [0, 0.05) is 0 Å². The Bertz CT molecular complexity index is 561. The van der Waals surface area contributed by atoms with Crippen molar-refractivity contribution in [3.63, 3.8) is 0 Å². The van der Waals surface area contributed by atoms with Gasteiger partial charge in [-0.25, -0.2) is 0 Å². The fraction of sp³-hybridized carbons (Fsp3) is 0.188. The number of hydrogen-bond donors (Lipinski definition) is 1. The number of hydrogen-bond acceptors (Lipinski definition) is 1. The summed E-state index contributed by atoms with van der Waals surface area (Å²) >= 11 is 0. The summed E-state index contributed by atoms with van der Waals surface area (Å²) in [6.45, 7) is 3.83. The van der Waals surface area contributed by atoms with Gasteiger partial charge in [-0.2, -0.15) is 13.2 Å². The van der Waals surface area contributed by atoms with Gasteiger partial charge in [0.2, 0.25) is 0 Å². The fourth-order valence-electron chi connectivity index (χ4n) is 2.15. The molecule has 0 spiro atoms. The molecule has 0 bridgehead atoms. The molecule has 2 N–H and O–H groups in total. The highest BCUT2D eigenvalue weighted by molar-refractivity contribution is 5.39. The predicted molar refractivity (Wildman–Crippen MR) is 72.8 cm³/mol. The summed E-state index contributed by atoms with van der Waals surface area (Å²) in [6, 6.07) is 14.2. The first kappa shape index (κ1) is 14.6. The van der Waals surface area contributed by atoms with Crippen LogP contribution in [0.1, 0.15) is 23.1 Å². The van der Waals surface area contributed by atoms with Crippen LogP contribution in [0.2, 0.25) is 0 Å². The van der Waals surface area contributed by atoms with Gasteiger partial charge in [0.25, 0.3) is 0 Å². The number of nitrogens with two attached hydrogens (primary N) is 1. The molecule has 0 aliphatic carbocycles. The summed E-state index contributed by atoms with van der Waals surface area (Å²) in [5.41, 5.74) is 6.24. The SMILES string of the molecule is [CH2]C[C@@](N)(c1ccccc1)c1ccc(C(F)(F)F)cc1. The molecule has 1 nitrogen and oxygen atoms in total. The Balaban J connectivity index is 2.43. The third kappa shape index (κ3) is 2.70. The zero-order chi connectivity index (χ0) is 14.8. The van der Waals surface area contributed by atoms with Crippen molar-refractivity contribution in [3.05, 3.63) is 78.2 Å². The molecule has 0 amide bonds. The molecule has 0 aliphatic heterocycles. The van der Waals surface area contributed by atoms with E-state index in [1.807, 2.05) is 30.3 Å². The molecule has 0 fully saturated rings. The van der Waals surface area contributed by atoms with Crippen LogP contribution in [0.15, 0.2) is 54.6 Å². The Kier molecular flexibility index (Phi) is 3.86. The summed E-state index contributed by atoms with van der Waals surface area (Å²) < 4.78 is 37.7. The molecule has 0 saturated heterocycles. The molecule has 2 rings (SSSR count). The fourth-order valence-corrected chi connectivity index (χ4v) is 2.15. The quantitative estimate of drug-likeness (QED) is 0.897. The topological polar surface area (TPSA) is 26.0 Å². The molecule has 0 saturated carbocycles. The Morgan fingerprint density at radius 1 is 0.800 bits per heavy atom. The van der Waals surface area contributed by atoms with Gasteiger partial charge in [-0.3, -0.25) is 0 Å². The Hall–Kier alpha value is -1.81. The molecule has 0 heterocycles. The Labute approximate surface area is 116 Å². The average Bonchev–Trinajstić information content (AvgIpc) is 2.46. The smallest absolute Gasteiger partial charge is 0.318 e. The lowest BCUT2D eigenvalue weighted by atomic mass is 9.81. The van der Waals surface area contributed by atoms with E-state index >= 15 is 0 Å². The van der Waals surface area contributed by atoms with Crippen LogP contribution in [0.25, 0.3) is 0 Å². The predicted octanol–water partition coefficient (Wildman–Crippen LogP) is 4.13. The van der Waals surface area contributed by atoms with Crippen molar-refractivity contribution in [2.45, 2.75) is 18.1 Å². The van der Waals surface area contributed by atoms with E-state index in [0.717, 1.165) is 17.7 Å². The second kappa shape index (κ2) is 5.29. The van der Waals surface area contributed by atoms with E-state index in [1.165, 1.54) is 12.1 Å². The van der Waals surface area contributed by atoms with Gasteiger partial charge in [-0.05, 0) is 29.7 Å². The van der Waals surface area contributed by atoms with E-state index < -0.39 is 17.3 Å². The maximum atomic E-state index is 12.6. The molecule has 1 atom stereocenters. The first-order chi connectivity index (χ1) is 9.38. The Morgan fingerprint density at radius 2 is 1.25 bits per heavy atom. The third-order valence-corrected chi connectivity index (χ3v) is 3.41. The van der Waals surface area contributed by atoms with E-state index in [4.69, 9.17) is 5.73 Å². The van der Waals surface area contributed by atoms with Gasteiger partial charge in [0.1, 0.15) is 0 Å². The number of halogens is 3. The minimum atomic E-state index is -4.34. The molecule has 0 unspecified atom stereocenters. The minimum Gasteiger partial charge on any atom is -0.318 e. The van der Waals surface area contributed by atoms with Crippen LogP contribution in [0, 0.1) is 6.92 Å². The molecule has 1 radical (unpaired) electrons. The van der Waals surface area contributed by atoms with E-state index in [9.17, 15) is 13.2 Å². The number of alkyl halides is 3. The summed E-state index contributed by atoms with van der Waals surface area (Å²) in [7, 11) is 0. The number of rotatable bonds is 3. The lowest BCUT2D eigenvalue weighted by molar-refractivity contribution is -0.137. The van der Waals surface area contributed by atoms with Crippen molar-refractivity contribution in [1.82, 2.24) is 0 Å². The van der Waals surface area contributed by atoms with E-state index in [2.05, 4.69) is 6.92 Å². The number of benzene rings is 2. The van der Waals surface area contributed by atoms with Crippen molar-refractivity contribution < 1.29 is 13.2 Å². The zero-order valence-electron chi connectivity index (χ0n) is 10.8. The van der Waals surface area contributed by atoms with Crippen molar-refractivity contribution in [2.75, 3.05) is 0 Å². The lowest BCUT2D eigenvalue weighted by Crippen LogP contribution is -2.37. The van der Waals surface area contributed by atoms with E-state index in [0.29, 0.717) is 12.0 Å². The van der Waals surface area contributed by atoms with Crippen LogP contribution >= 0.6 is 0 Å². The first-order valence-corrected chi connectivity index (χ1v) is 6.19. The highest BCUT2D eigenvalue weighted by atomic mass is 19.4. The van der Waals surface area contributed by atoms with Crippen LogP contribution in [0.3, 0.4) is 0 Å². The van der Waals surface area contributed by atoms with Crippen molar-refractivity contribution >= 4 is 0 Å². The molecule has 0 aromatic heterocycles. The minimum absolute atomic E-state index is 0.350. The molecule has 105 valence electrons. The molecular formula is C16H15F3N. The van der Waals surface area contributed by atoms with Crippen LogP contribution in [0.5, 0.6) is 0 Å². The van der Waals surface area contributed by atoms with Gasteiger partial charge >= 0.3 is 6.18 Å². The zero-order valence-corrected chi connectivity index (χ0v) is 10.8. The van der Waals surface area contributed by atoms with Gasteiger partial charge in [0.15, 0.2) is 0 Å². The van der Waals surface area contributed by atoms with E-state index in [-0.39, 0.29) is 0 Å². The van der Waals surface area contributed by atoms with Gasteiger partial charge in [0.05, 0.1) is 11.1 Å². The van der Waals surface area contributed by atoms with Crippen LogP contribution in [-0.2, 0) is 11.7 Å². The first-order valence-electron chi connectivity index (χ1n) is 6.19. The lowest BCUT2D eigenvalue weighted by Gasteiger charge is -2.29. The van der Waals surface area contributed by atoms with Gasteiger partial charge in [-0.15, -0.1) is 0 Å². The standard InChI is InChI=1S/C16H15F3N/c1-2-15(20,12-6-4-3-5-7-12)13-8-10-14(11-9-13)16(17,18)19/h3-11H,1-2,20H2/t15-/m1/s1. The maximum Gasteiger partial charge on any atom is 0.416 e. The van der Waals surface area contributed by atoms with Crippen LogP contribution in [0.4, 0.5) is 13.2 Å². The highest BCUT2D eigenvalue weighted by Crippen LogP contribution is 2.33. The molecule has 4 heteroatoms. The third-order valence-electron chi connectivity index (χ3n) is 3.41. The van der Waals surface area contributed by atoms with Gasteiger partial charge < -0.3 is 5.73 Å².